The highest BCUT2D eigenvalue weighted by Crippen LogP contribution is 2.24. The Morgan fingerprint density at radius 2 is 1.92 bits per heavy atom. The third-order valence-electron chi connectivity index (χ3n) is 1.70. The van der Waals surface area contributed by atoms with Crippen molar-refractivity contribution in [3.8, 4) is 11.5 Å². The van der Waals surface area contributed by atoms with Gasteiger partial charge in [0.1, 0.15) is 11.5 Å². The minimum atomic E-state index is 0.111. The lowest BCUT2D eigenvalue weighted by Gasteiger charge is -2.06. The summed E-state index contributed by atoms with van der Waals surface area (Å²) in [6.07, 6.45) is 0.839. The number of rotatable bonds is 2. The molecule has 1 rings (SSSR count). The van der Waals surface area contributed by atoms with E-state index in [4.69, 9.17) is 5.11 Å². The predicted octanol–water partition coefficient (Wildman–Crippen LogP) is 2.30. The van der Waals surface area contributed by atoms with Gasteiger partial charge in [0.2, 0.25) is 0 Å². The molecule has 0 atom stereocenters. The first-order valence-electron chi connectivity index (χ1n) is 4.10. The van der Waals surface area contributed by atoms with E-state index in [0.717, 1.165) is 12.0 Å². The summed E-state index contributed by atoms with van der Waals surface area (Å²) in [6, 6.07) is 4.72. The fraction of sp³-hybridized carbons (Fsp3) is 0.400. The van der Waals surface area contributed by atoms with Crippen LogP contribution >= 0.6 is 0 Å². The second-order valence-electron chi connectivity index (χ2n) is 3.41. The van der Waals surface area contributed by atoms with E-state index in [0.29, 0.717) is 5.92 Å². The molecule has 0 heterocycles. The topological polar surface area (TPSA) is 40.5 Å². The zero-order chi connectivity index (χ0) is 9.14. The van der Waals surface area contributed by atoms with Crippen LogP contribution in [0.1, 0.15) is 19.4 Å². The van der Waals surface area contributed by atoms with E-state index in [2.05, 4.69) is 13.8 Å². The normalized spacial score (nSPS) is 10.6. The highest BCUT2D eigenvalue weighted by Gasteiger charge is 2.03. The van der Waals surface area contributed by atoms with Crippen molar-refractivity contribution in [3.63, 3.8) is 0 Å². The van der Waals surface area contributed by atoms with Gasteiger partial charge in [-0.2, -0.15) is 0 Å². The number of phenolic OH excluding ortho intramolecular Hbond substituents is 2. The van der Waals surface area contributed by atoms with Gasteiger partial charge >= 0.3 is 0 Å². The molecule has 0 aliphatic heterocycles. The van der Waals surface area contributed by atoms with Gasteiger partial charge in [0.25, 0.3) is 0 Å². The molecule has 0 saturated heterocycles. The van der Waals surface area contributed by atoms with Crippen LogP contribution in [0.3, 0.4) is 0 Å². The number of hydrogen-bond acceptors (Lipinski definition) is 2. The fourth-order valence-electron chi connectivity index (χ4n) is 1.16. The van der Waals surface area contributed by atoms with Gasteiger partial charge in [-0.15, -0.1) is 0 Å². The Morgan fingerprint density at radius 3 is 2.42 bits per heavy atom. The van der Waals surface area contributed by atoms with Crippen LogP contribution in [0, 0.1) is 5.92 Å². The summed E-state index contributed by atoms with van der Waals surface area (Å²) in [6.45, 7) is 4.18. The molecule has 0 radical (unpaired) electrons. The van der Waals surface area contributed by atoms with Crippen molar-refractivity contribution in [1.82, 2.24) is 0 Å². The first-order chi connectivity index (χ1) is 5.59. The zero-order valence-electron chi connectivity index (χ0n) is 7.41. The molecule has 0 amide bonds. The van der Waals surface area contributed by atoms with Gasteiger partial charge in [0, 0.05) is 6.07 Å². The van der Waals surface area contributed by atoms with E-state index in [1.807, 2.05) is 0 Å². The number of aromatic hydroxyl groups is 2. The van der Waals surface area contributed by atoms with Crippen LogP contribution in [-0.4, -0.2) is 10.2 Å². The Morgan fingerprint density at radius 1 is 1.25 bits per heavy atom. The molecule has 2 heteroatoms. The van der Waals surface area contributed by atoms with Crippen LogP contribution in [-0.2, 0) is 6.42 Å². The van der Waals surface area contributed by atoms with Gasteiger partial charge in [-0.1, -0.05) is 19.9 Å². The molecule has 0 aliphatic carbocycles. The van der Waals surface area contributed by atoms with Crippen molar-refractivity contribution in [2.75, 3.05) is 0 Å². The Kier molecular flexibility index (Phi) is 2.58. The minimum absolute atomic E-state index is 0.111. The van der Waals surface area contributed by atoms with Crippen molar-refractivity contribution >= 4 is 0 Å². The van der Waals surface area contributed by atoms with Gasteiger partial charge in [-0.3, -0.25) is 0 Å². The number of phenols is 2. The highest BCUT2D eigenvalue weighted by atomic mass is 16.3. The maximum atomic E-state index is 9.38. The van der Waals surface area contributed by atoms with Crippen LogP contribution < -0.4 is 0 Å². The molecule has 0 aliphatic rings. The Bertz CT molecular complexity index is 267. The monoisotopic (exact) mass is 166 g/mol. The van der Waals surface area contributed by atoms with Crippen molar-refractivity contribution in [2.45, 2.75) is 20.3 Å². The first-order valence-corrected chi connectivity index (χ1v) is 4.10. The molecular formula is C10H14O2. The highest BCUT2D eigenvalue weighted by molar-refractivity contribution is 5.38. The Balaban J connectivity index is 2.86. The van der Waals surface area contributed by atoms with E-state index in [1.54, 1.807) is 12.1 Å². The van der Waals surface area contributed by atoms with Crippen LogP contribution in [0.15, 0.2) is 18.2 Å². The molecule has 12 heavy (non-hydrogen) atoms. The molecule has 2 nitrogen and oxygen atoms in total. The summed E-state index contributed by atoms with van der Waals surface area (Å²) < 4.78 is 0. The van der Waals surface area contributed by atoms with Crippen molar-refractivity contribution in [2.24, 2.45) is 5.92 Å². The minimum Gasteiger partial charge on any atom is -0.508 e. The molecule has 0 aromatic heterocycles. The molecule has 1 aromatic rings. The second kappa shape index (κ2) is 3.48. The van der Waals surface area contributed by atoms with Gasteiger partial charge in [0.05, 0.1) is 0 Å². The molecule has 0 unspecified atom stereocenters. The van der Waals surface area contributed by atoms with E-state index in [1.165, 1.54) is 6.07 Å². The first kappa shape index (κ1) is 8.91. The van der Waals surface area contributed by atoms with Crippen LogP contribution in [0.25, 0.3) is 0 Å². The lowest BCUT2D eigenvalue weighted by Crippen LogP contribution is -1.93. The summed E-state index contributed by atoms with van der Waals surface area (Å²) in [5.74, 6) is 0.809. The molecule has 0 saturated carbocycles. The van der Waals surface area contributed by atoms with Gasteiger partial charge in [0.15, 0.2) is 0 Å². The number of benzene rings is 1. The SMILES string of the molecule is CC(C)Cc1ccc(O)cc1O. The largest absolute Gasteiger partial charge is 0.508 e. The predicted molar refractivity (Wildman–Crippen MR) is 48.3 cm³/mol. The quantitative estimate of drug-likeness (QED) is 0.707. The van der Waals surface area contributed by atoms with Gasteiger partial charge in [-0.05, 0) is 24.0 Å². The average molecular weight is 166 g/mol. The molecule has 0 fully saturated rings. The fourth-order valence-corrected chi connectivity index (χ4v) is 1.16. The molecule has 1 aromatic carbocycles. The van der Waals surface area contributed by atoms with E-state index in [-0.39, 0.29) is 11.5 Å². The molecule has 2 N–H and O–H groups in total. The number of hydrogen-bond donors (Lipinski definition) is 2. The maximum Gasteiger partial charge on any atom is 0.122 e. The Hall–Kier alpha value is -1.18. The summed E-state index contributed by atoms with van der Waals surface area (Å²) >= 11 is 0. The second-order valence-corrected chi connectivity index (χ2v) is 3.41. The Labute approximate surface area is 72.5 Å². The summed E-state index contributed by atoms with van der Waals surface area (Å²) in [5, 5.41) is 18.4. The van der Waals surface area contributed by atoms with Crippen molar-refractivity contribution in [3.05, 3.63) is 23.8 Å². The average Bonchev–Trinajstić information content (AvgIpc) is 1.94. The zero-order valence-corrected chi connectivity index (χ0v) is 7.41. The third-order valence-corrected chi connectivity index (χ3v) is 1.70. The van der Waals surface area contributed by atoms with Crippen molar-refractivity contribution < 1.29 is 10.2 Å². The molecule has 66 valence electrons. The van der Waals surface area contributed by atoms with E-state index < -0.39 is 0 Å². The lowest BCUT2D eigenvalue weighted by molar-refractivity contribution is 0.442. The lowest BCUT2D eigenvalue weighted by atomic mass is 10.0. The summed E-state index contributed by atoms with van der Waals surface area (Å²) in [5.41, 5.74) is 0.891. The summed E-state index contributed by atoms with van der Waals surface area (Å²) in [7, 11) is 0. The molecule has 0 bridgehead atoms. The third kappa shape index (κ3) is 2.16. The molecular weight excluding hydrogens is 152 g/mol. The van der Waals surface area contributed by atoms with Crippen molar-refractivity contribution in [1.29, 1.82) is 0 Å². The summed E-state index contributed by atoms with van der Waals surface area (Å²) in [4.78, 5) is 0. The smallest absolute Gasteiger partial charge is 0.122 e. The standard InChI is InChI=1S/C10H14O2/c1-7(2)5-8-3-4-9(11)6-10(8)12/h3-4,6-7,11-12H,5H2,1-2H3. The molecule has 0 spiro atoms. The van der Waals surface area contributed by atoms with E-state index >= 15 is 0 Å². The van der Waals surface area contributed by atoms with Crippen LogP contribution in [0.5, 0.6) is 11.5 Å². The van der Waals surface area contributed by atoms with Crippen LogP contribution in [0.4, 0.5) is 0 Å². The maximum absolute atomic E-state index is 9.38. The van der Waals surface area contributed by atoms with E-state index in [9.17, 15) is 5.11 Å². The van der Waals surface area contributed by atoms with Gasteiger partial charge in [-0.25, -0.2) is 0 Å². The van der Waals surface area contributed by atoms with Crippen LogP contribution in [0.2, 0.25) is 0 Å². The van der Waals surface area contributed by atoms with Gasteiger partial charge < -0.3 is 10.2 Å².